The van der Waals surface area contributed by atoms with Crippen LogP contribution in [0.25, 0.3) is 10.9 Å². The van der Waals surface area contributed by atoms with Gasteiger partial charge in [0.2, 0.25) is 0 Å². The number of aromatic nitrogens is 4. The van der Waals surface area contributed by atoms with E-state index in [0.29, 0.717) is 23.9 Å². The highest BCUT2D eigenvalue weighted by atomic mass is 16.5. The van der Waals surface area contributed by atoms with E-state index in [1.807, 2.05) is 25.1 Å². The third-order valence-corrected chi connectivity index (χ3v) is 3.94. The summed E-state index contributed by atoms with van der Waals surface area (Å²) in [7, 11) is 0. The molecule has 0 saturated carbocycles. The normalized spacial score (nSPS) is 10.8. The number of esters is 1. The Bertz CT molecular complexity index is 968. The zero-order valence-electron chi connectivity index (χ0n) is 14.6. The first-order valence-electron chi connectivity index (χ1n) is 8.54. The second-order valence-electron chi connectivity index (χ2n) is 5.98. The van der Waals surface area contributed by atoms with E-state index in [-0.39, 0.29) is 24.5 Å². The van der Waals surface area contributed by atoms with Crippen LogP contribution in [-0.4, -0.2) is 32.6 Å². The molecule has 0 radical (unpaired) electrons. The fraction of sp³-hybridized carbons (Fsp3) is 0.316. The average molecular weight is 352 g/mol. The minimum absolute atomic E-state index is 0.0790. The van der Waals surface area contributed by atoms with E-state index in [0.717, 1.165) is 17.8 Å². The Labute approximate surface area is 150 Å². The minimum atomic E-state index is -0.357. The van der Waals surface area contributed by atoms with Gasteiger partial charge in [0.1, 0.15) is 5.52 Å². The average Bonchev–Trinajstić information content (AvgIpc) is 2.65. The quantitative estimate of drug-likeness (QED) is 0.478. The molecule has 134 valence electrons. The summed E-state index contributed by atoms with van der Waals surface area (Å²) in [6.07, 6.45) is 1.54. The SMILES string of the molecule is Cc1cccc(CCCOC(=O)CCn2nnc3ccccc3c2=O)n1. The van der Waals surface area contributed by atoms with Gasteiger partial charge in [0.15, 0.2) is 0 Å². The molecule has 0 N–H and O–H groups in total. The molecule has 0 spiro atoms. The van der Waals surface area contributed by atoms with Crippen molar-refractivity contribution in [3.8, 4) is 0 Å². The summed E-state index contributed by atoms with van der Waals surface area (Å²) in [5, 5.41) is 8.34. The fourth-order valence-electron chi connectivity index (χ4n) is 2.62. The lowest BCUT2D eigenvalue weighted by atomic mass is 10.2. The van der Waals surface area contributed by atoms with Gasteiger partial charge in [-0.25, -0.2) is 4.68 Å². The van der Waals surface area contributed by atoms with Gasteiger partial charge in [0.25, 0.3) is 5.56 Å². The smallest absolute Gasteiger partial charge is 0.307 e. The molecule has 0 aliphatic rings. The molecule has 0 atom stereocenters. The van der Waals surface area contributed by atoms with Crippen LogP contribution in [0.4, 0.5) is 0 Å². The molecule has 2 aromatic heterocycles. The predicted octanol–water partition coefficient (Wildman–Crippen LogP) is 2.06. The topological polar surface area (TPSA) is 87.0 Å². The molecule has 2 heterocycles. The molecule has 0 unspecified atom stereocenters. The highest BCUT2D eigenvalue weighted by Crippen LogP contribution is 2.04. The first-order chi connectivity index (χ1) is 12.6. The van der Waals surface area contributed by atoms with Crippen LogP contribution in [0, 0.1) is 6.92 Å². The van der Waals surface area contributed by atoms with Gasteiger partial charge in [-0.2, -0.15) is 0 Å². The molecule has 26 heavy (non-hydrogen) atoms. The number of carbonyl (C=O) groups is 1. The number of benzene rings is 1. The van der Waals surface area contributed by atoms with Gasteiger partial charge in [-0.15, -0.1) is 5.10 Å². The lowest BCUT2D eigenvalue weighted by Crippen LogP contribution is -2.25. The van der Waals surface area contributed by atoms with E-state index in [4.69, 9.17) is 4.74 Å². The number of nitrogens with zero attached hydrogens (tertiary/aromatic N) is 4. The largest absolute Gasteiger partial charge is 0.466 e. The summed E-state index contributed by atoms with van der Waals surface area (Å²) in [4.78, 5) is 28.5. The molecule has 0 saturated heterocycles. The second kappa shape index (κ2) is 8.33. The number of ether oxygens (including phenoxy) is 1. The molecular formula is C19H20N4O3. The summed E-state index contributed by atoms with van der Waals surface area (Å²) in [6.45, 7) is 2.42. The number of rotatable bonds is 7. The first-order valence-corrected chi connectivity index (χ1v) is 8.54. The molecule has 0 aliphatic carbocycles. The van der Waals surface area contributed by atoms with Gasteiger partial charge >= 0.3 is 5.97 Å². The Morgan fingerprint density at radius 2 is 2.00 bits per heavy atom. The van der Waals surface area contributed by atoms with Crippen molar-refractivity contribution in [2.75, 3.05) is 6.61 Å². The second-order valence-corrected chi connectivity index (χ2v) is 5.98. The maximum Gasteiger partial charge on any atom is 0.307 e. The third kappa shape index (κ3) is 4.50. The Hall–Kier alpha value is -3.09. The van der Waals surface area contributed by atoms with Gasteiger partial charge in [0, 0.05) is 11.4 Å². The molecule has 3 aromatic rings. The van der Waals surface area contributed by atoms with Crippen LogP contribution < -0.4 is 5.56 Å². The summed E-state index contributed by atoms with van der Waals surface area (Å²) in [6, 6.07) is 12.9. The van der Waals surface area contributed by atoms with Crippen LogP contribution in [0.1, 0.15) is 24.2 Å². The van der Waals surface area contributed by atoms with Crippen LogP contribution >= 0.6 is 0 Å². The first kappa shape index (κ1) is 17.7. The zero-order chi connectivity index (χ0) is 18.4. The Kier molecular flexibility index (Phi) is 5.68. The highest BCUT2D eigenvalue weighted by molar-refractivity contribution is 5.76. The summed E-state index contributed by atoms with van der Waals surface area (Å²) in [5.74, 6) is -0.357. The van der Waals surface area contributed by atoms with Gasteiger partial charge in [-0.05, 0) is 44.0 Å². The van der Waals surface area contributed by atoms with E-state index in [1.165, 1.54) is 4.68 Å². The number of carbonyl (C=O) groups excluding carboxylic acids is 1. The van der Waals surface area contributed by atoms with E-state index in [2.05, 4.69) is 15.3 Å². The van der Waals surface area contributed by atoms with E-state index in [1.54, 1.807) is 24.3 Å². The van der Waals surface area contributed by atoms with Crippen molar-refractivity contribution in [2.24, 2.45) is 0 Å². The fourth-order valence-corrected chi connectivity index (χ4v) is 2.62. The monoisotopic (exact) mass is 352 g/mol. The van der Waals surface area contributed by atoms with E-state index < -0.39 is 0 Å². The molecule has 0 aliphatic heterocycles. The molecule has 0 amide bonds. The van der Waals surface area contributed by atoms with Crippen LogP contribution in [0.2, 0.25) is 0 Å². The molecule has 7 nitrogen and oxygen atoms in total. The lowest BCUT2D eigenvalue weighted by Gasteiger charge is -2.06. The molecule has 3 rings (SSSR count). The van der Waals surface area contributed by atoms with Gasteiger partial charge < -0.3 is 4.74 Å². The van der Waals surface area contributed by atoms with E-state index >= 15 is 0 Å². The molecular weight excluding hydrogens is 332 g/mol. The summed E-state index contributed by atoms with van der Waals surface area (Å²) >= 11 is 0. The minimum Gasteiger partial charge on any atom is -0.466 e. The van der Waals surface area contributed by atoms with Gasteiger partial charge in [-0.3, -0.25) is 14.6 Å². The lowest BCUT2D eigenvalue weighted by molar-refractivity contribution is -0.144. The van der Waals surface area contributed by atoms with Gasteiger partial charge in [0.05, 0.1) is 25.0 Å². The van der Waals surface area contributed by atoms with Crippen molar-refractivity contribution in [2.45, 2.75) is 32.7 Å². The van der Waals surface area contributed by atoms with Crippen LogP contribution in [0.15, 0.2) is 47.3 Å². The van der Waals surface area contributed by atoms with Crippen molar-refractivity contribution in [1.29, 1.82) is 0 Å². The molecule has 0 bridgehead atoms. The molecule has 1 aromatic carbocycles. The zero-order valence-corrected chi connectivity index (χ0v) is 14.6. The molecule has 7 heteroatoms. The predicted molar refractivity (Wildman–Crippen MR) is 96.7 cm³/mol. The van der Waals surface area contributed by atoms with Crippen molar-refractivity contribution in [1.82, 2.24) is 20.0 Å². The number of pyridine rings is 1. The van der Waals surface area contributed by atoms with Crippen LogP contribution in [0.3, 0.4) is 0 Å². The van der Waals surface area contributed by atoms with Crippen molar-refractivity contribution >= 4 is 16.9 Å². The highest BCUT2D eigenvalue weighted by Gasteiger charge is 2.08. The van der Waals surface area contributed by atoms with Crippen LogP contribution in [-0.2, 0) is 22.5 Å². The standard InChI is InChI=1S/C19H20N4O3/c1-14-6-4-7-15(20-14)8-5-13-26-18(24)11-12-23-19(25)16-9-2-3-10-17(16)21-22-23/h2-4,6-7,9-10H,5,8,11-13H2,1H3. The number of fused-ring (bicyclic) bond motifs is 1. The summed E-state index contributed by atoms with van der Waals surface area (Å²) < 4.78 is 6.41. The Morgan fingerprint density at radius 1 is 1.15 bits per heavy atom. The van der Waals surface area contributed by atoms with E-state index in [9.17, 15) is 9.59 Å². The Morgan fingerprint density at radius 3 is 2.85 bits per heavy atom. The van der Waals surface area contributed by atoms with Crippen molar-refractivity contribution < 1.29 is 9.53 Å². The number of hydrogen-bond acceptors (Lipinski definition) is 6. The number of aryl methyl sites for hydroxylation is 3. The third-order valence-electron chi connectivity index (χ3n) is 3.94. The Balaban J connectivity index is 1.46. The maximum atomic E-state index is 12.3. The number of hydrogen-bond donors (Lipinski definition) is 0. The summed E-state index contributed by atoms with van der Waals surface area (Å²) in [5.41, 5.74) is 2.25. The maximum absolute atomic E-state index is 12.3. The van der Waals surface area contributed by atoms with Crippen molar-refractivity contribution in [3.63, 3.8) is 0 Å². The van der Waals surface area contributed by atoms with Gasteiger partial charge in [-0.1, -0.05) is 23.4 Å². The van der Waals surface area contributed by atoms with Crippen molar-refractivity contribution in [3.05, 3.63) is 64.2 Å². The molecule has 0 fully saturated rings. The van der Waals surface area contributed by atoms with Crippen LogP contribution in [0.5, 0.6) is 0 Å².